The molecule has 2 rings (SSSR count). The Hall–Kier alpha value is -1.44. The first-order valence-corrected chi connectivity index (χ1v) is 11.7. The van der Waals surface area contributed by atoms with Gasteiger partial charge in [-0.05, 0) is 78.4 Å². The van der Waals surface area contributed by atoms with Crippen LogP contribution in [0.5, 0.6) is 0 Å². The highest BCUT2D eigenvalue weighted by molar-refractivity contribution is 8.14. The molecule has 0 radical (unpaired) electrons. The van der Waals surface area contributed by atoms with Crippen molar-refractivity contribution >= 4 is 29.0 Å². The van der Waals surface area contributed by atoms with Crippen molar-refractivity contribution < 1.29 is 19.1 Å². The molecule has 0 aromatic rings. The quantitative estimate of drug-likeness (QED) is 0.364. The molecule has 7 nitrogen and oxygen atoms in total. The van der Waals surface area contributed by atoms with Crippen LogP contribution in [-0.2, 0) is 9.47 Å². The third kappa shape index (κ3) is 7.08. The van der Waals surface area contributed by atoms with E-state index in [1.807, 2.05) is 34.6 Å². The summed E-state index contributed by atoms with van der Waals surface area (Å²) in [6.45, 7) is 11.3. The predicted molar refractivity (Wildman–Crippen MR) is 117 cm³/mol. The van der Waals surface area contributed by atoms with E-state index >= 15 is 0 Å². The summed E-state index contributed by atoms with van der Waals surface area (Å²) in [5.41, 5.74) is 2.02. The van der Waals surface area contributed by atoms with E-state index in [9.17, 15) is 9.59 Å². The van der Waals surface area contributed by atoms with E-state index in [2.05, 4.69) is 22.8 Å². The number of hydrogen-bond acceptors (Lipinski definition) is 6. The number of nitrogens with one attached hydrogen (secondary N) is 2. The Morgan fingerprint density at radius 1 is 1.21 bits per heavy atom. The molecule has 0 aliphatic heterocycles. The molecule has 2 aliphatic carbocycles. The second-order valence-electron chi connectivity index (χ2n) is 9.34. The lowest BCUT2D eigenvalue weighted by Crippen LogP contribution is -2.51. The molecule has 0 saturated heterocycles. The number of amides is 2. The Morgan fingerprint density at radius 3 is 2.55 bits per heavy atom. The van der Waals surface area contributed by atoms with Gasteiger partial charge in [0, 0.05) is 11.5 Å². The Morgan fingerprint density at radius 2 is 1.93 bits per heavy atom. The summed E-state index contributed by atoms with van der Waals surface area (Å²) in [6, 6.07) is 0.140. The monoisotopic (exact) mass is 427 g/mol. The molecule has 0 spiro atoms. The summed E-state index contributed by atoms with van der Waals surface area (Å²) in [6.07, 6.45) is 5.09. The topological polar surface area (TPSA) is 89.0 Å². The maximum Gasteiger partial charge on any atom is 0.428 e. The first-order valence-electron chi connectivity index (χ1n) is 10.7. The molecular weight excluding hydrogens is 390 g/mol. The van der Waals surface area contributed by atoms with Gasteiger partial charge in [-0.15, -0.1) is 11.8 Å². The zero-order valence-corrected chi connectivity index (χ0v) is 19.5. The zero-order valence-electron chi connectivity index (χ0n) is 18.7. The lowest BCUT2D eigenvalue weighted by Gasteiger charge is -2.48. The van der Waals surface area contributed by atoms with Crippen LogP contribution >= 0.6 is 11.8 Å². The molecule has 2 bridgehead atoms. The van der Waals surface area contributed by atoms with Crippen LogP contribution in [0.2, 0.25) is 0 Å². The van der Waals surface area contributed by atoms with Crippen LogP contribution < -0.4 is 10.7 Å². The average Bonchev–Trinajstić information content (AvgIpc) is 2.59. The molecule has 3 atom stereocenters. The van der Waals surface area contributed by atoms with Gasteiger partial charge in [0.15, 0.2) is 0 Å². The van der Waals surface area contributed by atoms with Gasteiger partial charge in [0.2, 0.25) is 0 Å². The minimum atomic E-state index is -0.555. The maximum atomic E-state index is 12.1. The highest BCUT2D eigenvalue weighted by Crippen LogP contribution is 2.51. The number of alkyl carbamates (subject to hydrolysis) is 1. The van der Waals surface area contributed by atoms with Crippen molar-refractivity contribution in [2.75, 3.05) is 5.75 Å². The molecule has 166 valence electrons. The summed E-state index contributed by atoms with van der Waals surface area (Å²) in [5.74, 6) is 1.30. The van der Waals surface area contributed by atoms with E-state index in [1.54, 1.807) is 11.8 Å². The van der Waals surface area contributed by atoms with Crippen LogP contribution in [-0.4, -0.2) is 40.7 Å². The van der Waals surface area contributed by atoms with Gasteiger partial charge in [-0.1, -0.05) is 13.3 Å². The molecule has 2 aliphatic rings. The number of ether oxygens (including phenoxy) is 2. The predicted octanol–water partition coefficient (Wildman–Crippen LogP) is 5.05. The van der Waals surface area contributed by atoms with Crippen molar-refractivity contribution in [2.24, 2.45) is 16.4 Å². The second kappa shape index (κ2) is 10.0. The van der Waals surface area contributed by atoms with E-state index < -0.39 is 11.7 Å². The van der Waals surface area contributed by atoms with Gasteiger partial charge in [0.1, 0.15) is 5.60 Å². The van der Waals surface area contributed by atoms with Gasteiger partial charge in [-0.3, -0.25) is 0 Å². The van der Waals surface area contributed by atoms with Crippen LogP contribution in [0.3, 0.4) is 0 Å². The van der Waals surface area contributed by atoms with E-state index in [4.69, 9.17) is 9.47 Å². The third-order valence-electron chi connectivity index (χ3n) is 5.41. The standard InChI is InChI=1S/C21H37N3O4S/c1-7-29-17(23-24-19(26)28-20(4,5)6)21-11-8-9-15(13-21)16(10-12-21)22-18(25)27-14(2)3/h14-16H,7-13H2,1-6H3,(H,22,25)(H,24,26). The summed E-state index contributed by atoms with van der Waals surface area (Å²) >= 11 is 1.69. The minimum absolute atomic E-state index is 0.0290. The van der Waals surface area contributed by atoms with E-state index in [0.717, 1.165) is 49.3 Å². The van der Waals surface area contributed by atoms with Gasteiger partial charge in [-0.25, -0.2) is 15.0 Å². The number of nitrogens with zero attached hydrogens (tertiary/aromatic N) is 1. The zero-order chi connectivity index (χ0) is 21.7. The van der Waals surface area contributed by atoms with Crippen LogP contribution in [0, 0.1) is 11.3 Å². The maximum absolute atomic E-state index is 12.1. The highest BCUT2D eigenvalue weighted by atomic mass is 32.2. The Balaban J connectivity index is 2.07. The first kappa shape index (κ1) is 23.8. The van der Waals surface area contributed by atoms with Gasteiger partial charge < -0.3 is 14.8 Å². The smallest absolute Gasteiger partial charge is 0.428 e. The van der Waals surface area contributed by atoms with Crippen molar-refractivity contribution in [3.05, 3.63) is 0 Å². The molecule has 2 saturated carbocycles. The molecule has 2 N–H and O–H groups in total. The molecule has 29 heavy (non-hydrogen) atoms. The SMILES string of the molecule is CCSC(=NNC(=O)OC(C)(C)C)C12CCCC(C1)C(NC(=O)OC(C)C)CC2. The van der Waals surface area contributed by atoms with Crippen molar-refractivity contribution in [3.8, 4) is 0 Å². The van der Waals surface area contributed by atoms with Gasteiger partial charge in [-0.2, -0.15) is 5.10 Å². The third-order valence-corrected chi connectivity index (χ3v) is 6.50. The Bertz CT molecular complexity index is 618. The number of carbonyl (C=O) groups is 2. The molecule has 3 unspecified atom stereocenters. The second-order valence-corrected chi connectivity index (χ2v) is 10.6. The molecule has 0 aromatic carbocycles. The molecule has 2 amide bonds. The Labute approximate surface area is 179 Å². The van der Waals surface area contributed by atoms with Crippen LogP contribution in [0.15, 0.2) is 5.10 Å². The van der Waals surface area contributed by atoms with E-state index in [1.165, 1.54) is 0 Å². The fourth-order valence-electron chi connectivity index (χ4n) is 4.38. The molecule has 8 heteroatoms. The summed E-state index contributed by atoms with van der Waals surface area (Å²) in [5, 5.41) is 8.56. The molecular formula is C21H37N3O4S. The minimum Gasteiger partial charge on any atom is -0.447 e. The van der Waals surface area contributed by atoms with Crippen LogP contribution in [0.25, 0.3) is 0 Å². The highest BCUT2D eigenvalue weighted by Gasteiger charge is 2.47. The number of rotatable bonds is 5. The van der Waals surface area contributed by atoms with Crippen LogP contribution in [0.4, 0.5) is 9.59 Å². The summed E-state index contributed by atoms with van der Waals surface area (Å²) in [7, 11) is 0. The number of carbonyl (C=O) groups excluding carboxylic acids is 2. The van der Waals surface area contributed by atoms with Crippen LogP contribution in [0.1, 0.15) is 80.1 Å². The van der Waals surface area contributed by atoms with Gasteiger partial charge in [0.05, 0.1) is 11.1 Å². The number of fused-ring (bicyclic) bond motifs is 2. The summed E-state index contributed by atoms with van der Waals surface area (Å²) < 4.78 is 10.6. The molecule has 2 fully saturated rings. The van der Waals surface area contributed by atoms with Crippen molar-refractivity contribution in [1.29, 1.82) is 0 Å². The molecule has 0 heterocycles. The normalized spacial score (nSPS) is 27.3. The van der Waals surface area contributed by atoms with Crippen molar-refractivity contribution in [3.63, 3.8) is 0 Å². The summed E-state index contributed by atoms with van der Waals surface area (Å²) in [4.78, 5) is 24.1. The van der Waals surface area contributed by atoms with E-state index in [0.29, 0.717) is 5.92 Å². The first-order chi connectivity index (χ1) is 13.5. The number of hydrazone groups is 1. The number of hydrogen-bond donors (Lipinski definition) is 2. The van der Waals surface area contributed by atoms with Crippen molar-refractivity contribution in [1.82, 2.24) is 10.7 Å². The lowest BCUT2D eigenvalue weighted by atomic mass is 9.61. The van der Waals surface area contributed by atoms with E-state index in [-0.39, 0.29) is 23.7 Å². The van der Waals surface area contributed by atoms with Gasteiger partial charge in [0.25, 0.3) is 0 Å². The molecule has 0 aromatic heterocycles. The Kier molecular flexibility index (Phi) is 8.26. The van der Waals surface area contributed by atoms with Gasteiger partial charge >= 0.3 is 12.2 Å². The largest absolute Gasteiger partial charge is 0.447 e. The average molecular weight is 428 g/mol. The lowest BCUT2D eigenvalue weighted by molar-refractivity contribution is 0.0525. The van der Waals surface area contributed by atoms with Crippen molar-refractivity contribution in [2.45, 2.75) is 97.8 Å². The number of thioether (sulfide) groups is 1. The fraction of sp³-hybridized carbons (Fsp3) is 0.857. The fourth-order valence-corrected chi connectivity index (χ4v) is 5.35.